The molecule has 1 atom stereocenters. The fraction of sp³-hybridized carbons (Fsp3) is 0.400. The topological polar surface area (TPSA) is 60.2 Å². The molecule has 7 heteroatoms. The van der Waals surface area contributed by atoms with Gasteiger partial charge in [0.1, 0.15) is 18.8 Å². The zero-order valence-corrected chi connectivity index (χ0v) is 12.8. The van der Waals surface area contributed by atoms with Gasteiger partial charge in [0.05, 0.1) is 19.7 Å². The number of amides is 1. The van der Waals surface area contributed by atoms with E-state index in [2.05, 4.69) is 10.1 Å². The van der Waals surface area contributed by atoms with Gasteiger partial charge in [-0.2, -0.15) is 5.10 Å². The van der Waals surface area contributed by atoms with Crippen molar-refractivity contribution >= 4 is 17.5 Å². The maximum Gasteiger partial charge on any atom is 0.224 e. The van der Waals surface area contributed by atoms with Crippen LogP contribution in [0.4, 0.5) is 0 Å². The standard InChI is InChI=1S/C15H17ClN4O2/c16-13-3-1-12(2-4-13)14-9-19(7-8-22-14)15(21)5-6-20-11-17-10-18-20/h1-4,10-11,14H,5-9H2. The highest BCUT2D eigenvalue weighted by atomic mass is 35.5. The largest absolute Gasteiger partial charge is 0.370 e. The van der Waals surface area contributed by atoms with E-state index in [9.17, 15) is 4.79 Å². The van der Waals surface area contributed by atoms with Gasteiger partial charge in [0.15, 0.2) is 0 Å². The second kappa shape index (κ2) is 6.89. The number of benzene rings is 1. The van der Waals surface area contributed by atoms with Crippen LogP contribution in [0.25, 0.3) is 0 Å². The van der Waals surface area contributed by atoms with Gasteiger partial charge in [-0.05, 0) is 17.7 Å². The van der Waals surface area contributed by atoms with Crippen LogP contribution in [0, 0.1) is 0 Å². The lowest BCUT2D eigenvalue weighted by molar-refractivity contribution is -0.139. The van der Waals surface area contributed by atoms with Crippen LogP contribution >= 0.6 is 11.6 Å². The molecule has 0 N–H and O–H groups in total. The Bertz CT molecular complexity index is 615. The molecule has 0 spiro atoms. The molecular weight excluding hydrogens is 304 g/mol. The summed E-state index contributed by atoms with van der Waals surface area (Å²) in [5.74, 6) is 0.109. The predicted octanol–water partition coefficient (Wildman–Crippen LogP) is 1.92. The van der Waals surface area contributed by atoms with Crippen LogP contribution < -0.4 is 0 Å². The third kappa shape index (κ3) is 3.64. The SMILES string of the molecule is O=C(CCn1cncn1)N1CCOC(c2ccc(Cl)cc2)C1. The van der Waals surface area contributed by atoms with Crippen LogP contribution in [-0.2, 0) is 16.1 Å². The molecule has 1 aliphatic heterocycles. The molecule has 1 saturated heterocycles. The maximum absolute atomic E-state index is 12.3. The summed E-state index contributed by atoms with van der Waals surface area (Å²) in [5, 5.41) is 4.70. The summed E-state index contributed by atoms with van der Waals surface area (Å²) in [6.07, 6.45) is 3.40. The normalized spacial score (nSPS) is 18.4. The van der Waals surface area contributed by atoms with Crippen molar-refractivity contribution in [3.8, 4) is 0 Å². The van der Waals surface area contributed by atoms with Crippen LogP contribution in [0.2, 0.25) is 5.02 Å². The minimum Gasteiger partial charge on any atom is -0.370 e. The van der Waals surface area contributed by atoms with E-state index >= 15 is 0 Å². The van der Waals surface area contributed by atoms with Crippen LogP contribution in [-0.4, -0.2) is 45.3 Å². The molecule has 6 nitrogen and oxygen atoms in total. The number of halogens is 1. The molecule has 3 rings (SSSR count). The van der Waals surface area contributed by atoms with Gasteiger partial charge in [-0.3, -0.25) is 9.48 Å². The molecule has 1 aromatic heterocycles. The first kappa shape index (κ1) is 15.0. The Morgan fingerprint density at radius 2 is 2.18 bits per heavy atom. The number of morpholine rings is 1. The minimum atomic E-state index is -0.0960. The highest BCUT2D eigenvalue weighted by molar-refractivity contribution is 6.30. The van der Waals surface area contributed by atoms with Gasteiger partial charge in [0.25, 0.3) is 0 Å². The van der Waals surface area contributed by atoms with E-state index in [0.717, 1.165) is 5.56 Å². The van der Waals surface area contributed by atoms with E-state index in [1.807, 2.05) is 29.2 Å². The van der Waals surface area contributed by atoms with E-state index in [-0.39, 0.29) is 12.0 Å². The van der Waals surface area contributed by atoms with Gasteiger partial charge in [-0.25, -0.2) is 4.98 Å². The van der Waals surface area contributed by atoms with Gasteiger partial charge in [0, 0.05) is 18.0 Å². The molecule has 1 aliphatic rings. The third-order valence-corrected chi connectivity index (χ3v) is 3.93. The second-order valence-corrected chi connectivity index (χ2v) is 5.60. The average molecular weight is 321 g/mol. The van der Waals surface area contributed by atoms with E-state index in [4.69, 9.17) is 16.3 Å². The highest BCUT2D eigenvalue weighted by Gasteiger charge is 2.25. The summed E-state index contributed by atoms with van der Waals surface area (Å²) in [5.41, 5.74) is 1.04. The van der Waals surface area contributed by atoms with Crippen LogP contribution in [0.15, 0.2) is 36.9 Å². The van der Waals surface area contributed by atoms with Crippen molar-refractivity contribution in [3.05, 3.63) is 47.5 Å². The number of carbonyl (C=O) groups excluding carboxylic acids is 1. The second-order valence-electron chi connectivity index (χ2n) is 5.16. The third-order valence-electron chi connectivity index (χ3n) is 3.68. The van der Waals surface area contributed by atoms with E-state index < -0.39 is 0 Å². The molecule has 1 unspecified atom stereocenters. The van der Waals surface area contributed by atoms with Crippen LogP contribution in [0.3, 0.4) is 0 Å². The van der Waals surface area contributed by atoms with Crippen molar-refractivity contribution in [1.82, 2.24) is 19.7 Å². The van der Waals surface area contributed by atoms with Gasteiger partial charge < -0.3 is 9.64 Å². The fourth-order valence-corrected chi connectivity index (χ4v) is 2.60. The Hall–Kier alpha value is -1.92. The lowest BCUT2D eigenvalue weighted by Crippen LogP contribution is -2.42. The summed E-state index contributed by atoms with van der Waals surface area (Å²) in [6.45, 7) is 2.28. The number of hydrogen-bond donors (Lipinski definition) is 0. The molecule has 22 heavy (non-hydrogen) atoms. The molecular formula is C15H17ClN4O2. The lowest BCUT2D eigenvalue weighted by atomic mass is 10.1. The van der Waals surface area contributed by atoms with Gasteiger partial charge >= 0.3 is 0 Å². The average Bonchev–Trinajstić information content (AvgIpc) is 3.07. The summed E-state index contributed by atoms with van der Waals surface area (Å²) in [4.78, 5) is 18.0. The first-order chi connectivity index (χ1) is 10.7. The zero-order valence-electron chi connectivity index (χ0n) is 12.1. The summed E-state index contributed by atoms with van der Waals surface area (Å²) >= 11 is 5.90. The summed E-state index contributed by atoms with van der Waals surface area (Å²) in [7, 11) is 0. The van der Waals surface area contributed by atoms with Crippen molar-refractivity contribution in [1.29, 1.82) is 0 Å². The molecule has 2 aromatic rings. The molecule has 1 amide bonds. The first-order valence-electron chi connectivity index (χ1n) is 7.19. The number of ether oxygens (including phenoxy) is 1. The number of rotatable bonds is 4. The Labute approximate surface area is 133 Å². The molecule has 116 valence electrons. The van der Waals surface area contributed by atoms with E-state index in [1.54, 1.807) is 11.0 Å². The van der Waals surface area contributed by atoms with Crippen molar-refractivity contribution in [2.45, 2.75) is 19.1 Å². The highest BCUT2D eigenvalue weighted by Crippen LogP contribution is 2.24. The van der Waals surface area contributed by atoms with Gasteiger partial charge in [-0.1, -0.05) is 23.7 Å². The molecule has 1 aromatic carbocycles. The predicted molar refractivity (Wildman–Crippen MR) is 81.4 cm³/mol. The number of hydrogen-bond acceptors (Lipinski definition) is 4. The van der Waals surface area contributed by atoms with Crippen molar-refractivity contribution < 1.29 is 9.53 Å². The van der Waals surface area contributed by atoms with Crippen molar-refractivity contribution in [2.75, 3.05) is 19.7 Å². The smallest absolute Gasteiger partial charge is 0.224 e. The number of carbonyl (C=O) groups is 1. The Morgan fingerprint density at radius 1 is 1.36 bits per heavy atom. The van der Waals surface area contributed by atoms with E-state index in [0.29, 0.717) is 37.7 Å². The lowest BCUT2D eigenvalue weighted by Gasteiger charge is -2.33. The maximum atomic E-state index is 12.3. The Balaban J connectivity index is 1.57. The molecule has 2 heterocycles. The van der Waals surface area contributed by atoms with Crippen molar-refractivity contribution in [2.24, 2.45) is 0 Å². The first-order valence-corrected chi connectivity index (χ1v) is 7.57. The molecule has 0 saturated carbocycles. The summed E-state index contributed by atoms with van der Waals surface area (Å²) in [6, 6.07) is 7.56. The Morgan fingerprint density at radius 3 is 2.91 bits per heavy atom. The van der Waals surface area contributed by atoms with Crippen LogP contribution in [0.5, 0.6) is 0 Å². The van der Waals surface area contributed by atoms with Crippen LogP contribution in [0.1, 0.15) is 18.1 Å². The number of aryl methyl sites for hydroxylation is 1. The fourth-order valence-electron chi connectivity index (χ4n) is 2.47. The minimum absolute atomic E-state index is 0.0960. The number of nitrogens with zero attached hydrogens (tertiary/aromatic N) is 4. The number of aromatic nitrogens is 3. The quantitative estimate of drug-likeness (QED) is 0.863. The van der Waals surface area contributed by atoms with Gasteiger partial charge in [0.2, 0.25) is 5.91 Å². The monoisotopic (exact) mass is 320 g/mol. The van der Waals surface area contributed by atoms with Gasteiger partial charge in [-0.15, -0.1) is 0 Å². The molecule has 0 radical (unpaired) electrons. The molecule has 0 bridgehead atoms. The van der Waals surface area contributed by atoms with Crippen molar-refractivity contribution in [3.63, 3.8) is 0 Å². The van der Waals surface area contributed by atoms with E-state index in [1.165, 1.54) is 6.33 Å². The zero-order chi connectivity index (χ0) is 15.4. The Kier molecular flexibility index (Phi) is 4.70. The summed E-state index contributed by atoms with van der Waals surface area (Å²) < 4.78 is 7.43. The molecule has 1 fully saturated rings. The molecule has 0 aliphatic carbocycles.